The van der Waals surface area contributed by atoms with Gasteiger partial charge >= 0.3 is 5.97 Å². The summed E-state index contributed by atoms with van der Waals surface area (Å²) in [5.41, 5.74) is 4.11. The fourth-order valence-electron chi connectivity index (χ4n) is 1.42. The molecule has 0 radical (unpaired) electrons. The molecular formula is C10H10N2O5S. The number of carbonyl (C=O) groups is 1. The second-order valence-electron chi connectivity index (χ2n) is 3.93. The van der Waals surface area contributed by atoms with E-state index < -0.39 is 16.4 Å². The molecule has 0 amide bonds. The van der Waals surface area contributed by atoms with E-state index in [-0.39, 0.29) is 18.0 Å². The molecule has 0 saturated carbocycles. The molecule has 96 valence electrons. The molecule has 0 aliphatic carbocycles. The van der Waals surface area contributed by atoms with Crippen LogP contribution in [0.15, 0.2) is 23.1 Å². The number of fused-ring (bicyclic) bond motifs is 1. The molecule has 0 aromatic heterocycles. The zero-order valence-corrected chi connectivity index (χ0v) is 9.98. The Hall–Kier alpha value is -1.80. The minimum Gasteiger partial charge on any atom is -0.490 e. The first kappa shape index (κ1) is 12.7. The number of non-ortho nitro benzene ring substituents is 1. The van der Waals surface area contributed by atoms with Gasteiger partial charge in [0.1, 0.15) is 12.4 Å². The largest absolute Gasteiger partial charge is 0.490 e. The lowest BCUT2D eigenvalue weighted by molar-refractivity contribution is -0.385. The van der Waals surface area contributed by atoms with Crippen molar-refractivity contribution in [2.45, 2.75) is 10.4 Å². The quantitative estimate of drug-likeness (QED) is 0.604. The summed E-state index contributed by atoms with van der Waals surface area (Å²) in [7, 11) is 0. The molecule has 1 aromatic rings. The van der Waals surface area contributed by atoms with Crippen molar-refractivity contribution in [2.75, 3.05) is 12.4 Å². The highest BCUT2D eigenvalue weighted by Gasteiger charge is 2.37. The maximum Gasteiger partial charge on any atom is 0.328 e. The van der Waals surface area contributed by atoms with Crippen molar-refractivity contribution in [1.82, 2.24) is 0 Å². The van der Waals surface area contributed by atoms with Gasteiger partial charge in [0, 0.05) is 16.7 Å². The number of thioether (sulfide) groups is 1. The second-order valence-corrected chi connectivity index (χ2v) is 4.94. The van der Waals surface area contributed by atoms with Crippen LogP contribution in [0.5, 0.6) is 5.75 Å². The molecule has 0 bridgehead atoms. The van der Waals surface area contributed by atoms with Gasteiger partial charge in [-0.1, -0.05) is 0 Å². The number of aliphatic carboxylic acids is 1. The smallest absolute Gasteiger partial charge is 0.328 e. The van der Waals surface area contributed by atoms with Crippen molar-refractivity contribution in [3.8, 4) is 5.75 Å². The summed E-state index contributed by atoms with van der Waals surface area (Å²) < 4.78 is 5.29. The number of nitrogens with zero attached hydrogens (tertiary/aromatic N) is 1. The zero-order valence-electron chi connectivity index (χ0n) is 9.16. The number of hydrogen-bond donors (Lipinski definition) is 2. The average Bonchev–Trinajstić information content (AvgIpc) is 2.50. The van der Waals surface area contributed by atoms with E-state index >= 15 is 0 Å². The summed E-state index contributed by atoms with van der Waals surface area (Å²) in [6, 6.07) is 4.15. The molecule has 1 aromatic carbocycles. The fourth-order valence-corrected chi connectivity index (χ4v) is 2.46. The third-order valence-corrected chi connectivity index (χ3v) is 3.84. The van der Waals surface area contributed by atoms with Crippen LogP contribution in [0, 0.1) is 10.1 Å². The summed E-state index contributed by atoms with van der Waals surface area (Å²) in [5, 5.41) is 19.7. The van der Waals surface area contributed by atoms with Gasteiger partial charge in [-0.3, -0.25) is 14.9 Å². The molecule has 0 saturated heterocycles. The van der Waals surface area contributed by atoms with E-state index in [9.17, 15) is 14.9 Å². The number of carboxylic acids is 1. The zero-order chi connectivity index (χ0) is 13.3. The third-order valence-electron chi connectivity index (χ3n) is 2.53. The van der Waals surface area contributed by atoms with Crippen LogP contribution >= 0.6 is 11.8 Å². The number of benzene rings is 1. The van der Waals surface area contributed by atoms with Crippen molar-refractivity contribution >= 4 is 23.4 Å². The van der Waals surface area contributed by atoms with Crippen LogP contribution in [0.25, 0.3) is 0 Å². The van der Waals surface area contributed by atoms with Gasteiger partial charge in [-0.15, -0.1) is 11.8 Å². The van der Waals surface area contributed by atoms with Gasteiger partial charge in [0.2, 0.25) is 0 Å². The first-order valence-corrected chi connectivity index (χ1v) is 5.97. The molecule has 2 rings (SSSR count). The van der Waals surface area contributed by atoms with E-state index in [0.29, 0.717) is 10.6 Å². The standard InChI is InChI=1S/C10H10N2O5S/c11-10(9(13)14)4-17-7-3-6(12(15)16)1-2-8(7)18-5-10/h1-3H,4-5,11H2,(H,13,14). The molecule has 1 aliphatic heterocycles. The van der Waals surface area contributed by atoms with Crippen molar-refractivity contribution in [3.63, 3.8) is 0 Å². The minimum absolute atomic E-state index is 0.103. The normalized spacial score (nSPS) is 22.5. The third kappa shape index (κ3) is 2.24. The lowest BCUT2D eigenvalue weighted by Gasteiger charge is -2.20. The number of rotatable bonds is 2. The highest BCUT2D eigenvalue weighted by atomic mass is 32.2. The molecule has 7 nitrogen and oxygen atoms in total. The van der Waals surface area contributed by atoms with Crippen molar-refractivity contribution in [2.24, 2.45) is 5.73 Å². The van der Waals surface area contributed by atoms with Crippen molar-refractivity contribution < 1.29 is 19.6 Å². The molecule has 0 fully saturated rings. The van der Waals surface area contributed by atoms with Crippen LogP contribution in [-0.2, 0) is 4.79 Å². The fraction of sp³-hybridized carbons (Fsp3) is 0.300. The maximum atomic E-state index is 11.0. The maximum absolute atomic E-state index is 11.0. The van der Waals surface area contributed by atoms with Gasteiger partial charge in [-0.05, 0) is 6.07 Å². The number of carboxylic acid groups (broad SMARTS) is 1. The summed E-state index contributed by atoms with van der Waals surface area (Å²) in [4.78, 5) is 21.8. The predicted molar refractivity (Wildman–Crippen MR) is 63.9 cm³/mol. The van der Waals surface area contributed by atoms with E-state index in [0.717, 1.165) is 0 Å². The highest BCUT2D eigenvalue weighted by Crippen LogP contribution is 2.37. The first-order chi connectivity index (χ1) is 8.42. The Kier molecular flexibility index (Phi) is 3.14. The van der Waals surface area contributed by atoms with Gasteiger partial charge < -0.3 is 15.6 Å². The van der Waals surface area contributed by atoms with Crippen LogP contribution in [0.4, 0.5) is 5.69 Å². The van der Waals surface area contributed by atoms with Crippen LogP contribution < -0.4 is 10.5 Å². The summed E-state index contributed by atoms with van der Waals surface area (Å²) in [5.74, 6) is -0.715. The topological polar surface area (TPSA) is 116 Å². The molecule has 1 heterocycles. The molecule has 1 unspecified atom stereocenters. The van der Waals surface area contributed by atoms with E-state index in [4.69, 9.17) is 15.6 Å². The lowest BCUT2D eigenvalue weighted by atomic mass is 10.1. The van der Waals surface area contributed by atoms with Crippen LogP contribution in [0.3, 0.4) is 0 Å². The van der Waals surface area contributed by atoms with Crippen LogP contribution in [-0.4, -0.2) is 33.9 Å². The summed E-state index contributed by atoms with van der Waals surface area (Å²) in [6.45, 7) is -0.219. The predicted octanol–water partition coefficient (Wildman–Crippen LogP) is 0.861. The molecule has 1 aliphatic rings. The highest BCUT2D eigenvalue weighted by molar-refractivity contribution is 7.99. The Balaban J connectivity index is 2.31. The van der Waals surface area contributed by atoms with Crippen molar-refractivity contribution in [3.05, 3.63) is 28.3 Å². The Morgan fingerprint density at radius 3 is 2.94 bits per heavy atom. The summed E-state index contributed by atoms with van der Waals surface area (Å²) in [6.07, 6.45) is 0. The molecular weight excluding hydrogens is 260 g/mol. The number of ether oxygens (including phenoxy) is 1. The van der Waals surface area contributed by atoms with Gasteiger partial charge in [-0.25, -0.2) is 0 Å². The van der Waals surface area contributed by atoms with E-state index in [1.54, 1.807) is 0 Å². The average molecular weight is 270 g/mol. The number of nitro groups is 1. The SMILES string of the molecule is NC1(C(=O)O)COc2cc([N+](=O)[O-])ccc2SC1. The Morgan fingerprint density at radius 1 is 1.61 bits per heavy atom. The first-order valence-electron chi connectivity index (χ1n) is 4.99. The number of nitro benzene ring substituents is 1. The minimum atomic E-state index is -1.49. The number of nitrogens with two attached hydrogens (primary N) is 1. The van der Waals surface area contributed by atoms with E-state index in [1.165, 1.54) is 30.0 Å². The van der Waals surface area contributed by atoms with Gasteiger partial charge in [0.15, 0.2) is 5.54 Å². The molecule has 3 N–H and O–H groups in total. The molecule has 8 heteroatoms. The Bertz CT molecular complexity index is 521. The monoisotopic (exact) mass is 270 g/mol. The molecule has 1 atom stereocenters. The molecule has 0 spiro atoms. The van der Waals surface area contributed by atoms with Crippen LogP contribution in [0.2, 0.25) is 0 Å². The van der Waals surface area contributed by atoms with E-state index in [2.05, 4.69) is 0 Å². The van der Waals surface area contributed by atoms with Gasteiger partial charge in [0.05, 0.1) is 11.0 Å². The van der Waals surface area contributed by atoms with E-state index in [1.807, 2.05) is 0 Å². The second kappa shape index (κ2) is 4.46. The Labute approximate surface area is 106 Å². The van der Waals surface area contributed by atoms with Crippen LogP contribution in [0.1, 0.15) is 0 Å². The molecule has 18 heavy (non-hydrogen) atoms. The van der Waals surface area contributed by atoms with Gasteiger partial charge in [0.25, 0.3) is 5.69 Å². The summed E-state index contributed by atoms with van der Waals surface area (Å²) >= 11 is 1.21. The Morgan fingerprint density at radius 2 is 2.33 bits per heavy atom. The van der Waals surface area contributed by atoms with Gasteiger partial charge in [-0.2, -0.15) is 0 Å². The number of hydrogen-bond acceptors (Lipinski definition) is 6. The van der Waals surface area contributed by atoms with Crippen molar-refractivity contribution in [1.29, 1.82) is 0 Å². The lowest BCUT2D eigenvalue weighted by Crippen LogP contribution is -2.54.